The summed E-state index contributed by atoms with van der Waals surface area (Å²) in [6, 6.07) is 2.04. The maximum atomic E-state index is 12.6. The molecule has 1 saturated heterocycles. The van der Waals surface area contributed by atoms with Crippen molar-refractivity contribution in [2.75, 3.05) is 25.4 Å². The first-order valence-electron chi connectivity index (χ1n) is 7.73. The van der Waals surface area contributed by atoms with E-state index in [1.165, 1.54) is 33.2 Å². The van der Waals surface area contributed by atoms with E-state index < -0.39 is 5.97 Å². The molecule has 3 heterocycles. The SMILES string of the molecule is CCOC(=O)C=C1SCC(=O)N1CC(=O)N1CCc2sccc2C1. The molecule has 128 valence electrons. The molecular weight excluding hydrogens is 348 g/mol. The molecular formula is C16H18N2O4S2. The number of hydrogen-bond donors (Lipinski definition) is 0. The minimum absolute atomic E-state index is 0.0312. The Kier molecular flexibility index (Phi) is 5.25. The summed E-state index contributed by atoms with van der Waals surface area (Å²) in [6.45, 7) is 3.22. The second kappa shape index (κ2) is 7.40. The van der Waals surface area contributed by atoms with Crippen molar-refractivity contribution in [1.29, 1.82) is 0 Å². The largest absolute Gasteiger partial charge is 0.463 e. The molecule has 0 unspecified atom stereocenters. The van der Waals surface area contributed by atoms with Gasteiger partial charge in [0, 0.05) is 18.0 Å². The van der Waals surface area contributed by atoms with Gasteiger partial charge >= 0.3 is 5.97 Å². The van der Waals surface area contributed by atoms with Crippen LogP contribution in [0.2, 0.25) is 0 Å². The Morgan fingerprint density at radius 3 is 3.04 bits per heavy atom. The highest BCUT2D eigenvalue weighted by Crippen LogP contribution is 2.29. The number of carbonyl (C=O) groups is 3. The number of ether oxygens (including phenoxy) is 1. The molecule has 24 heavy (non-hydrogen) atoms. The summed E-state index contributed by atoms with van der Waals surface area (Å²) in [7, 11) is 0. The zero-order valence-electron chi connectivity index (χ0n) is 13.3. The summed E-state index contributed by atoms with van der Waals surface area (Å²) in [5.41, 5.74) is 1.18. The van der Waals surface area contributed by atoms with Crippen LogP contribution in [0, 0.1) is 0 Å². The van der Waals surface area contributed by atoms with Crippen molar-refractivity contribution < 1.29 is 19.1 Å². The van der Waals surface area contributed by atoms with Gasteiger partial charge in [0.25, 0.3) is 0 Å². The number of nitrogens with zero attached hydrogens (tertiary/aromatic N) is 2. The van der Waals surface area contributed by atoms with Crippen LogP contribution in [0.15, 0.2) is 22.6 Å². The average molecular weight is 366 g/mol. The van der Waals surface area contributed by atoms with Crippen LogP contribution in [0.4, 0.5) is 0 Å². The van der Waals surface area contributed by atoms with Crippen LogP contribution < -0.4 is 0 Å². The Morgan fingerprint density at radius 1 is 1.42 bits per heavy atom. The third kappa shape index (κ3) is 3.64. The number of thioether (sulfide) groups is 1. The maximum Gasteiger partial charge on any atom is 0.333 e. The van der Waals surface area contributed by atoms with Crippen LogP contribution in [0.25, 0.3) is 0 Å². The minimum atomic E-state index is -0.493. The first-order valence-corrected chi connectivity index (χ1v) is 9.59. The molecule has 0 aromatic carbocycles. The summed E-state index contributed by atoms with van der Waals surface area (Å²) in [4.78, 5) is 40.7. The summed E-state index contributed by atoms with van der Waals surface area (Å²) < 4.78 is 4.88. The van der Waals surface area contributed by atoms with E-state index in [4.69, 9.17) is 4.74 Å². The summed E-state index contributed by atoms with van der Waals surface area (Å²) in [6.07, 6.45) is 2.15. The molecule has 3 rings (SSSR count). The second-order valence-corrected chi connectivity index (χ2v) is 7.43. The molecule has 8 heteroatoms. The Hall–Kier alpha value is -1.80. The minimum Gasteiger partial charge on any atom is -0.463 e. The quantitative estimate of drug-likeness (QED) is 0.598. The van der Waals surface area contributed by atoms with E-state index in [1.807, 2.05) is 11.4 Å². The van der Waals surface area contributed by atoms with Gasteiger partial charge < -0.3 is 9.64 Å². The van der Waals surface area contributed by atoms with Crippen molar-refractivity contribution in [1.82, 2.24) is 9.80 Å². The zero-order valence-corrected chi connectivity index (χ0v) is 15.0. The van der Waals surface area contributed by atoms with Gasteiger partial charge in [-0.2, -0.15) is 0 Å². The van der Waals surface area contributed by atoms with E-state index in [-0.39, 0.29) is 30.7 Å². The number of thiophene rings is 1. The highest BCUT2D eigenvalue weighted by atomic mass is 32.2. The third-order valence-corrected chi connectivity index (χ3v) is 5.94. The molecule has 0 radical (unpaired) electrons. The van der Waals surface area contributed by atoms with E-state index in [1.54, 1.807) is 23.2 Å². The van der Waals surface area contributed by atoms with Crippen LogP contribution in [0.1, 0.15) is 17.4 Å². The Labute approximate surface area is 148 Å². The van der Waals surface area contributed by atoms with E-state index in [9.17, 15) is 14.4 Å². The highest BCUT2D eigenvalue weighted by Gasteiger charge is 2.31. The molecule has 6 nitrogen and oxygen atoms in total. The van der Waals surface area contributed by atoms with Gasteiger partial charge in [-0.3, -0.25) is 14.5 Å². The van der Waals surface area contributed by atoms with Crippen molar-refractivity contribution in [3.8, 4) is 0 Å². The van der Waals surface area contributed by atoms with Crippen LogP contribution in [0.5, 0.6) is 0 Å². The molecule has 2 amide bonds. The van der Waals surface area contributed by atoms with Crippen molar-refractivity contribution in [3.63, 3.8) is 0 Å². The lowest BCUT2D eigenvalue weighted by Gasteiger charge is -2.29. The van der Waals surface area contributed by atoms with Gasteiger partial charge in [0.05, 0.1) is 23.5 Å². The molecule has 2 aliphatic rings. The predicted molar refractivity (Wildman–Crippen MR) is 92.3 cm³/mol. The molecule has 0 spiro atoms. The normalized spacial score (nSPS) is 18.9. The fraction of sp³-hybridized carbons (Fsp3) is 0.438. The number of fused-ring (bicyclic) bond motifs is 1. The third-order valence-electron chi connectivity index (χ3n) is 3.89. The molecule has 2 aliphatic heterocycles. The summed E-state index contributed by atoms with van der Waals surface area (Å²) in [5.74, 6) is -0.504. The fourth-order valence-corrected chi connectivity index (χ4v) is 4.50. The number of carbonyl (C=O) groups excluding carboxylic acids is 3. The molecule has 1 aromatic rings. The van der Waals surface area contributed by atoms with Crippen LogP contribution in [-0.2, 0) is 32.1 Å². The van der Waals surface area contributed by atoms with Crippen molar-refractivity contribution in [2.24, 2.45) is 0 Å². The van der Waals surface area contributed by atoms with Gasteiger partial charge in [-0.15, -0.1) is 11.3 Å². The number of amides is 2. The molecule has 1 fully saturated rings. The van der Waals surface area contributed by atoms with Gasteiger partial charge in [0.1, 0.15) is 6.54 Å². The first-order chi connectivity index (χ1) is 11.6. The molecule has 0 atom stereocenters. The van der Waals surface area contributed by atoms with Gasteiger partial charge in [-0.05, 0) is 30.4 Å². The topological polar surface area (TPSA) is 66.9 Å². The predicted octanol–water partition coefficient (Wildman–Crippen LogP) is 1.61. The first kappa shape index (κ1) is 17.0. The van der Waals surface area contributed by atoms with Gasteiger partial charge in [0.15, 0.2) is 0 Å². The second-order valence-electron chi connectivity index (χ2n) is 5.44. The zero-order chi connectivity index (χ0) is 17.1. The number of hydrogen-bond acceptors (Lipinski definition) is 6. The van der Waals surface area contributed by atoms with E-state index in [0.29, 0.717) is 18.1 Å². The van der Waals surface area contributed by atoms with Crippen LogP contribution >= 0.6 is 23.1 Å². The standard InChI is InChI=1S/C16H18N2O4S2/c1-2-22-16(21)7-15-18(14(20)10-24-15)9-13(19)17-5-3-12-11(8-17)4-6-23-12/h4,6-7H,2-3,5,8-10H2,1H3. The summed E-state index contributed by atoms with van der Waals surface area (Å²) in [5, 5.41) is 2.53. The molecule has 1 aromatic heterocycles. The van der Waals surface area contributed by atoms with Gasteiger partial charge in [-0.1, -0.05) is 11.8 Å². The number of rotatable bonds is 4. The monoisotopic (exact) mass is 366 g/mol. The lowest BCUT2D eigenvalue weighted by Crippen LogP contribution is -2.42. The molecule has 0 aliphatic carbocycles. The molecule has 0 saturated carbocycles. The molecule has 0 N–H and O–H groups in total. The van der Waals surface area contributed by atoms with Crippen molar-refractivity contribution in [2.45, 2.75) is 19.9 Å². The Balaban J connectivity index is 1.66. The van der Waals surface area contributed by atoms with E-state index in [0.717, 1.165) is 6.42 Å². The van der Waals surface area contributed by atoms with Gasteiger partial charge in [0.2, 0.25) is 11.8 Å². The highest BCUT2D eigenvalue weighted by molar-refractivity contribution is 8.04. The lowest BCUT2D eigenvalue weighted by atomic mass is 10.1. The van der Waals surface area contributed by atoms with E-state index >= 15 is 0 Å². The summed E-state index contributed by atoms with van der Waals surface area (Å²) >= 11 is 2.98. The Morgan fingerprint density at radius 2 is 2.25 bits per heavy atom. The van der Waals surface area contributed by atoms with Crippen molar-refractivity contribution in [3.05, 3.63) is 33.0 Å². The number of esters is 1. The average Bonchev–Trinajstić information content (AvgIpc) is 3.15. The van der Waals surface area contributed by atoms with Gasteiger partial charge in [-0.25, -0.2) is 4.79 Å². The van der Waals surface area contributed by atoms with Crippen LogP contribution in [0.3, 0.4) is 0 Å². The lowest BCUT2D eigenvalue weighted by molar-refractivity contribution is -0.138. The smallest absolute Gasteiger partial charge is 0.333 e. The Bertz CT molecular complexity index is 698. The van der Waals surface area contributed by atoms with E-state index in [2.05, 4.69) is 0 Å². The maximum absolute atomic E-state index is 12.6. The molecule has 0 bridgehead atoms. The van der Waals surface area contributed by atoms with Crippen molar-refractivity contribution >= 4 is 40.9 Å². The van der Waals surface area contributed by atoms with Crippen LogP contribution in [-0.4, -0.2) is 53.0 Å². The fourth-order valence-electron chi connectivity index (χ4n) is 2.68.